The maximum Gasteiger partial charge on any atom is 0.125 e. The molecule has 0 N–H and O–H groups in total. The fraction of sp³-hybridized carbons (Fsp3) is 0.391. The van der Waals surface area contributed by atoms with Crippen LogP contribution in [0.4, 0.5) is 0 Å². The molecule has 2 aromatic rings. The van der Waals surface area contributed by atoms with Crippen LogP contribution in [-0.2, 0) is 11.4 Å². The van der Waals surface area contributed by atoms with Crippen molar-refractivity contribution in [1.29, 1.82) is 0 Å². The number of benzene rings is 1. The zero-order valence-corrected chi connectivity index (χ0v) is 18.1. The van der Waals surface area contributed by atoms with E-state index in [4.69, 9.17) is 14.3 Å². The normalized spacial score (nSPS) is 11.0. The first-order valence-electron chi connectivity index (χ1n) is 9.56. The highest BCUT2D eigenvalue weighted by Gasteiger charge is 2.09. The molecule has 0 unspecified atom stereocenters. The molecule has 0 aliphatic carbocycles. The summed E-state index contributed by atoms with van der Waals surface area (Å²) in [6.07, 6.45) is 5.70. The molecular formula is C23H32N2O3. The summed E-state index contributed by atoms with van der Waals surface area (Å²) in [5, 5.41) is 3.92. The first kappa shape index (κ1) is 23.2. The molecule has 28 heavy (non-hydrogen) atoms. The van der Waals surface area contributed by atoms with E-state index in [9.17, 15) is 0 Å². The van der Waals surface area contributed by atoms with Crippen molar-refractivity contribution >= 4 is 5.71 Å². The third kappa shape index (κ3) is 7.06. The lowest BCUT2D eigenvalue weighted by atomic mass is 10.1. The molecule has 5 heteroatoms. The maximum absolute atomic E-state index is 6.06. The molecule has 0 atom stereocenters. The minimum Gasteiger partial charge on any atom is -0.490 e. The van der Waals surface area contributed by atoms with Crippen molar-refractivity contribution in [2.24, 2.45) is 5.16 Å². The van der Waals surface area contributed by atoms with Gasteiger partial charge in [-0.15, -0.1) is 0 Å². The smallest absolute Gasteiger partial charge is 0.125 e. The van der Waals surface area contributed by atoms with E-state index >= 15 is 0 Å². The van der Waals surface area contributed by atoms with Gasteiger partial charge in [0.2, 0.25) is 0 Å². The van der Waals surface area contributed by atoms with Gasteiger partial charge >= 0.3 is 0 Å². The number of ether oxygens (including phenoxy) is 2. The van der Waals surface area contributed by atoms with Crippen LogP contribution >= 0.6 is 0 Å². The molecule has 0 aliphatic rings. The van der Waals surface area contributed by atoms with Crippen LogP contribution in [0.25, 0.3) is 0 Å². The molecule has 0 amide bonds. The van der Waals surface area contributed by atoms with Gasteiger partial charge in [0, 0.05) is 6.20 Å². The van der Waals surface area contributed by atoms with E-state index in [1.807, 2.05) is 78.0 Å². The van der Waals surface area contributed by atoms with E-state index in [1.165, 1.54) is 7.11 Å². The Hall–Kier alpha value is -2.82. The highest BCUT2D eigenvalue weighted by molar-refractivity contribution is 5.96. The van der Waals surface area contributed by atoms with Crippen molar-refractivity contribution in [3.8, 4) is 11.5 Å². The largest absolute Gasteiger partial charge is 0.490 e. The molecule has 0 spiro atoms. The average molecular weight is 385 g/mol. The lowest BCUT2D eigenvalue weighted by Gasteiger charge is -2.14. The monoisotopic (exact) mass is 384 g/mol. The molecule has 0 bridgehead atoms. The van der Waals surface area contributed by atoms with Gasteiger partial charge in [-0.2, -0.15) is 0 Å². The molecule has 0 saturated heterocycles. The number of nitrogens with zero attached hydrogens (tertiary/aromatic N) is 2. The number of rotatable bonds is 8. The van der Waals surface area contributed by atoms with Crippen molar-refractivity contribution in [2.45, 2.75) is 48.1 Å². The van der Waals surface area contributed by atoms with Gasteiger partial charge in [0.1, 0.15) is 37.5 Å². The van der Waals surface area contributed by atoms with Gasteiger partial charge in [0.15, 0.2) is 0 Å². The Morgan fingerprint density at radius 2 is 1.79 bits per heavy atom. The van der Waals surface area contributed by atoms with Crippen molar-refractivity contribution < 1.29 is 14.3 Å². The van der Waals surface area contributed by atoms with Crippen molar-refractivity contribution in [1.82, 2.24) is 4.98 Å². The molecule has 5 nitrogen and oxygen atoms in total. The highest BCUT2D eigenvalue weighted by atomic mass is 16.6. The average Bonchev–Trinajstić information content (AvgIpc) is 2.69. The zero-order chi connectivity index (χ0) is 20.9. The number of allylic oxidation sites excluding steroid dienone is 1. The van der Waals surface area contributed by atoms with Crippen molar-refractivity contribution in [3.63, 3.8) is 0 Å². The molecule has 1 heterocycles. The van der Waals surface area contributed by atoms with E-state index in [-0.39, 0.29) is 0 Å². The summed E-state index contributed by atoms with van der Waals surface area (Å²) in [7, 11) is 1.52. The summed E-state index contributed by atoms with van der Waals surface area (Å²) in [5.74, 6) is 1.73. The summed E-state index contributed by atoms with van der Waals surface area (Å²) >= 11 is 0. The van der Waals surface area contributed by atoms with Crippen LogP contribution < -0.4 is 9.47 Å². The summed E-state index contributed by atoms with van der Waals surface area (Å²) in [5.41, 5.74) is 4.62. The Bertz CT molecular complexity index is 775. The molecule has 0 aliphatic heterocycles. The highest BCUT2D eigenvalue weighted by Crippen LogP contribution is 2.29. The van der Waals surface area contributed by atoms with Gasteiger partial charge in [0.25, 0.3) is 0 Å². The summed E-state index contributed by atoms with van der Waals surface area (Å²) in [4.78, 5) is 9.11. The van der Waals surface area contributed by atoms with Crippen molar-refractivity contribution in [2.75, 3.05) is 13.7 Å². The molecule has 0 saturated carbocycles. The van der Waals surface area contributed by atoms with E-state index in [0.717, 1.165) is 39.6 Å². The van der Waals surface area contributed by atoms with Gasteiger partial charge in [-0.3, -0.25) is 4.98 Å². The predicted molar refractivity (Wildman–Crippen MR) is 115 cm³/mol. The van der Waals surface area contributed by atoms with Crippen molar-refractivity contribution in [3.05, 3.63) is 65.0 Å². The van der Waals surface area contributed by atoms with Crippen LogP contribution in [0.2, 0.25) is 0 Å². The number of hydrogen-bond acceptors (Lipinski definition) is 5. The topological polar surface area (TPSA) is 52.9 Å². The van der Waals surface area contributed by atoms with E-state index in [2.05, 4.69) is 10.1 Å². The number of aryl methyl sites for hydroxylation is 2. The fourth-order valence-corrected chi connectivity index (χ4v) is 2.56. The molecule has 152 valence electrons. The fourth-order valence-electron chi connectivity index (χ4n) is 2.56. The SMILES string of the molecule is C/C=C/COc1cc(C)c(OCc2ccnc(C(C)=NOC)c2)c(C)c1.CC. The van der Waals surface area contributed by atoms with Crippen LogP contribution in [0, 0.1) is 13.8 Å². The number of aromatic nitrogens is 1. The van der Waals surface area contributed by atoms with Gasteiger partial charge in [-0.25, -0.2) is 0 Å². The molecule has 1 aromatic heterocycles. The van der Waals surface area contributed by atoms with E-state index in [0.29, 0.717) is 13.2 Å². The Balaban J connectivity index is 0.00000190. The number of oxime groups is 1. The van der Waals surface area contributed by atoms with Crippen LogP contribution in [-0.4, -0.2) is 24.4 Å². The minimum absolute atomic E-state index is 0.455. The summed E-state index contributed by atoms with van der Waals surface area (Å²) in [6, 6.07) is 7.89. The minimum atomic E-state index is 0.455. The van der Waals surface area contributed by atoms with Gasteiger partial charge in [0.05, 0.1) is 5.69 Å². The quantitative estimate of drug-likeness (QED) is 0.336. The maximum atomic E-state index is 6.06. The van der Waals surface area contributed by atoms with Crippen LogP contribution in [0.3, 0.4) is 0 Å². The second kappa shape index (κ2) is 12.5. The second-order valence-corrected chi connectivity index (χ2v) is 5.96. The van der Waals surface area contributed by atoms with E-state index in [1.54, 1.807) is 6.20 Å². The Kier molecular flexibility index (Phi) is 10.4. The first-order valence-corrected chi connectivity index (χ1v) is 9.56. The predicted octanol–water partition coefficient (Wildman–Crippen LogP) is 5.63. The molecular weight excluding hydrogens is 352 g/mol. The Morgan fingerprint density at radius 1 is 1.11 bits per heavy atom. The van der Waals surface area contributed by atoms with Gasteiger partial charge in [-0.1, -0.05) is 31.2 Å². The summed E-state index contributed by atoms with van der Waals surface area (Å²) < 4.78 is 11.8. The lowest BCUT2D eigenvalue weighted by Crippen LogP contribution is -2.04. The van der Waals surface area contributed by atoms with Crippen LogP contribution in [0.15, 0.2) is 47.8 Å². The van der Waals surface area contributed by atoms with Gasteiger partial charge < -0.3 is 14.3 Å². The van der Waals surface area contributed by atoms with Gasteiger partial charge in [-0.05, 0) is 68.7 Å². The molecule has 2 rings (SSSR count). The third-order valence-electron chi connectivity index (χ3n) is 3.82. The lowest BCUT2D eigenvalue weighted by molar-refractivity contribution is 0.213. The standard InChI is InChI=1S/C21H26N2O3.C2H6/c1-6-7-10-25-19-11-15(2)21(16(3)12-19)26-14-18-8-9-22-20(13-18)17(4)23-24-5;1-2/h6-9,11-13H,10,14H2,1-5H3;1-2H3/b7-6+,23-17?;. The molecule has 0 fully saturated rings. The number of hydrogen-bond donors (Lipinski definition) is 0. The molecule has 1 aromatic carbocycles. The zero-order valence-electron chi connectivity index (χ0n) is 18.1. The first-order chi connectivity index (χ1) is 13.5. The van der Waals surface area contributed by atoms with E-state index < -0.39 is 0 Å². The van der Waals surface area contributed by atoms with Crippen LogP contribution in [0.1, 0.15) is 50.1 Å². The third-order valence-corrected chi connectivity index (χ3v) is 3.82. The Labute approximate surface area is 169 Å². The number of pyridine rings is 1. The molecule has 0 radical (unpaired) electrons. The Morgan fingerprint density at radius 3 is 2.39 bits per heavy atom. The van der Waals surface area contributed by atoms with Crippen LogP contribution in [0.5, 0.6) is 11.5 Å². The summed E-state index contributed by atoms with van der Waals surface area (Å²) in [6.45, 7) is 12.9. The second-order valence-electron chi connectivity index (χ2n) is 5.96.